The van der Waals surface area contributed by atoms with Gasteiger partial charge in [-0.05, 0) is 12.1 Å². The van der Waals surface area contributed by atoms with Crippen LogP contribution in [0.15, 0.2) is 72.8 Å². The van der Waals surface area contributed by atoms with Gasteiger partial charge in [-0.3, -0.25) is 20.2 Å². The van der Waals surface area contributed by atoms with Gasteiger partial charge in [0.05, 0.1) is 19.8 Å². The highest BCUT2D eigenvalue weighted by Gasteiger charge is 2.27. The zero-order valence-electron chi connectivity index (χ0n) is 15.2. The van der Waals surface area contributed by atoms with E-state index in [1.165, 1.54) is 60.7 Å². The number of nitrogens with zero attached hydrogens (tertiary/aromatic N) is 4. The maximum atomic E-state index is 13.2. The number of fused-ring (bicyclic) bond motifs is 1. The molecule has 1 heterocycles. The first-order chi connectivity index (χ1) is 14.4. The molecule has 30 heavy (non-hydrogen) atoms. The van der Waals surface area contributed by atoms with Crippen LogP contribution in [0, 0.1) is 30.3 Å². The van der Waals surface area contributed by atoms with E-state index in [2.05, 4.69) is 0 Å². The van der Waals surface area contributed by atoms with Crippen LogP contribution in [0.4, 0.5) is 11.4 Å². The van der Waals surface area contributed by atoms with Gasteiger partial charge in [0.25, 0.3) is 22.6 Å². The summed E-state index contributed by atoms with van der Waals surface area (Å²) in [6, 6.07) is 16.7. The molecule has 4 rings (SSSR count). The molecule has 3 aromatic carbocycles. The third kappa shape index (κ3) is 3.02. The Balaban J connectivity index is 2.15. The van der Waals surface area contributed by atoms with Gasteiger partial charge in [-0.1, -0.05) is 30.3 Å². The Kier molecular flexibility index (Phi) is 4.43. The van der Waals surface area contributed by atoms with Gasteiger partial charge in [0.15, 0.2) is 0 Å². The van der Waals surface area contributed by atoms with E-state index in [9.17, 15) is 30.3 Å². The topological polar surface area (TPSA) is 137 Å². The van der Waals surface area contributed by atoms with E-state index >= 15 is 0 Å². The van der Waals surface area contributed by atoms with Crippen LogP contribution in [0.3, 0.4) is 0 Å². The largest absolute Gasteiger partial charge is 0.805 e. The van der Waals surface area contributed by atoms with E-state index in [0.29, 0.717) is 9.16 Å². The van der Waals surface area contributed by atoms with Crippen LogP contribution < -0.4 is 4.43 Å². The van der Waals surface area contributed by atoms with Gasteiger partial charge >= 0.3 is 0 Å². The molecule has 1 aromatic heterocycles. The average molecular weight is 404 g/mol. The Hall–Kier alpha value is -4.60. The molecule has 4 aromatic rings. The molecule has 0 amide bonds. The van der Waals surface area contributed by atoms with E-state index in [0.717, 1.165) is 0 Å². The molecule has 0 unspecified atom stereocenters. The van der Waals surface area contributed by atoms with Crippen molar-refractivity contribution >= 4 is 22.4 Å². The quantitative estimate of drug-likeness (QED) is 0.286. The van der Waals surface area contributed by atoms with E-state index in [-0.39, 0.29) is 44.9 Å². The van der Waals surface area contributed by atoms with Crippen LogP contribution >= 0.6 is 0 Å². The van der Waals surface area contributed by atoms with Gasteiger partial charge < -0.3 is 9.94 Å². The molecule has 0 saturated carbocycles. The lowest BCUT2D eigenvalue weighted by atomic mass is 10.0. The minimum absolute atomic E-state index is 0.0585. The van der Waals surface area contributed by atoms with Crippen LogP contribution in [0.1, 0.15) is 0 Å². The van der Waals surface area contributed by atoms with Crippen molar-refractivity contribution in [2.45, 2.75) is 0 Å². The molecule has 10 nitrogen and oxygen atoms in total. The Morgan fingerprint density at radius 3 is 1.97 bits per heavy atom. The second kappa shape index (κ2) is 7.09. The highest BCUT2D eigenvalue weighted by Crippen LogP contribution is 2.34. The summed E-state index contributed by atoms with van der Waals surface area (Å²) in [7, 11) is 0. The molecule has 0 saturated heterocycles. The first-order valence-electron chi connectivity index (χ1n) is 8.66. The maximum Gasteiger partial charge on any atom is 0.294 e. The monoisotopic (exact) mass is 404 g/mol. The summed E-state index contributed by atoms with van der Waals surface area (Å²) >= 11 is 0. The van der Waals surface area contributed by atoms with Gasteiger partial charge in [-0.2, -0.15) is 0 Å². The number of hydrogen-bond donors (Lipinski definition) is 0. The molecular formula is C20H12N4O6. The number of aromatic nitrogens is 2. The summed E-state index contributed by atoms with van der Waals surface area (Å²) in [5.41, 5.74) is -0.425. The number of rotatable bonds is 4. The molecule has 0 radical (unpaired) electrons. The summed E-state index contributed by atoms with van der Waals surface area (Å²) in [6.07, 6.45) is 0. The lowest BCUT2D eigenvalue weighted by molar-refractivity contribution is -0.451. The smallest absolute Gasteiger partial charge is 0.294 e. The fourth-order valence-electron chi connectivity index (χ4n) is 3.28. The summed E-state index contributed by atoms with van der Waals surface area (Å²) < 4.78 is 1.02. The number of non-ortho nitro benzene ring substituents is 2. The molecule has 0 bridgehead atoms. The van der Waals surface area contributed by atoms with Crippen molar-refractivity contribution < 1.29 is 14.3 Å². The predicted molar refractivity (Wildman–Crippen MR) is 108 cm³/mol. The minimum atomic E-state index is -0.613. The third-order valence-electron chi connectivity index (χ3n) is 4.61. The highest BCUT2D eigenvalue weighted by molar-refractivity contribution is 5.84. The third-order valence-corrected chi connectivity index (χ3v) is 4.61. The average Bonchev–Trinajstić information content (AvgIpc) is 2.76. The van der Waals surface area contributed by atoms with Crippen LogP contribution in [-0.2, 0) is 0 Å². The lowest BCUT2D eigenvalue weighted by Gasteiger charge is -2.19. The fourth-order valence-corrected chi connectivity index (χ4v) is 3.28. The van der Waals surface area contributed by atoms with Crippen molar-refractivity contribution in [3.8, 4) is 22.5 Å². The van der Waals surface area contributed by atoms with Crippen LogP contribution in [0.5, 0.6) is 0 Å². The number of para-hydroxylation sites is 2. The highest BCUT2D eigenvalue weighted by atomic mass is 16.6. The summed E-state index contributed by atoms with van der Waals surface area (Å²) in [4.78, 5) is 34.4. The molecular weight excluding hydrogens is 392 g/mol. The second-order valence-electron chi connectivity index (χ2n) is 6.39. The van der Waals surface area contributed by atoms with Gasteiger partial charge in [0.1, 0.15) is 11.2 Å². The fraction of sp³-hybridized carbons (Fsp3) is 0. The van der Waals surface area contributed by atoms with Crippen molar-refractivity contribution in [1.29, 1.82) is 0 Å². The second-order valence-corrected chi connectivity index (χ2v) is 6.39. The van der Waals surface area contributed by atoms with E-state index in [1.54, 1.807) is 12.1 Å². The molecule has 0 aliphatic carbocycles. The molecule has 0 atom stereocenters. The normalized spacial score (nSPS) is 10.8. The predicted octanol–water partition coefficient (Wildman–Crippen LogP) is 4.05. The zero-order valence-corrected chi connectivity index (χ0v) is 15.2. The first-order valence-corrected chi connectivity index (χ1v) is 8.66. The Labute approximate surface area is 167 Å². The zero-order chi connectivity index (χ0) is 21.4. The van der Waals surface area contributed by atoms with Crippen LogP contribution in [0.2, 0.25) is 0 Å². The van der Waals surface area contributed by atoms with Crippen LogP contribution in [-0.4, -0.2) is 14.6 Å². The SMILES string of the molecule is O=[N+]([O-])c1cccc(-c2c(-c3cccc([N+](=O)[O-])c3)[n+](=O)c3ccccc3n2[O-])c1. The summed E-state index contributed by atoms with van der Waals surface area (Å²) in [5.74, 6) is 0. The van der Waals surface area contributed by atoms with Crippen molar-refractivity contribution in [1.82, 2.24) is 4.73 Å². The van der Waals surface area contributed by atoms with Gasteiger partial charge in [0, 0.05) is 40.8 Å². The number of hydrogen-bond acceptors (Lipinski definition) is 6. The first kappa shape index (κ1) is 18.7. The minimum Gasteiger partial charge on any atom is -0.805 e. The van der Waals surface area contributed by atoms with Crippen molar-refractivity contribution in [3.05, 3.63) is 103 Å². The number of nitro benzene ring substituents is 2. The summed E-state index contributed by atoms with van der Waals surface area (Å²) in [5, 5.41) is 35.6. The van der Waals surface area contributed by atoms with E-state index < -0.39 is 9.85 Å². The van der Waals surface area contributed by atoms with Gasteiger partial charge in [-0.15, -0.1) is 0 Å². The molecule has 0 N–H and O–H groups in total. The van der Waals surface area contributed by atoms with Crippen molar-refractivity contribution in [2.24, 2.45) is 0 Å². The van der Waals surface area contributed by atoms with E-state index in [1.807, 2.05) is 0 Å². The molecule has 0 spiro atoms. The van der Waals surface area contributed by atoms with Crippen molar-refractivity contribution in [2.75, 3.05) is 0 Å². The molecule has 0 aliphatic rings. The maximum absolute atomic E-state index is 13.2. The molecule has 0 aliphatic heterocycles. The molecule has 0 fully saturated rings. The number of nitro groups is 2. The molecule has 148 valence electrons. The number of benzene rings is 3. The summed E-state index contributed by atoms with van der Waals surface area (Å²) in [6.45, 7) is 0. The molecule has 10 heteroatoms. The Bertz CT molecular complexity index is 1400. The lowest BCUT2D eigenvalue weighted by Crippen LogP contribution is -2.23. The van der Waals surface area contributed by atoms with Crippen molar-refractivity contribution in [3.63, 3.8) is 0 Å². The van der Waals surface area contributed by atoms with Gasteiger partial charge in [-0.25, -0.2) is 0 Å². The van der Waals surface area contributed by atoms with Crippen LogP contribution in [0.25, 0.3) is 33.5 Å². The standard InChI is InChI=1S/C20H12N4O6/c25-21-17-9-1-2-10-18(17)22(26)20(14-6-4-8-16(12-14)24(29)30)19(21)13-5-3-7-15(11-13)23(27)28/h1-12H. The Morgan fingerprint density at radius 2 is 1.33 bits per heavy atom. The Morgan fingerprint density at radius 1 is 0.767 bits per heavy atom. The van der Waals surface area contributed by atoms with Gasteiger partial charge in [0.2, 0.25) is 0 Å². The van der Waals surface area contributed by atoms with E-state index in [4.69, 9.17) is 0 Å².